The van der Waals surface area contributed by atoms with Crippen LogP contribution in [0.3, 0.4) is 0 Å². The van der Waals surface area contributed by atoms with Crippen molar-refractivity contribution in [2.24, 2.45) is 0 Å². The van der Waals surface area contributed by atoms with Crippen molar-refractivity contribution in [3.05, 3.63) is 40.8 Å². The highest BCUT2D eigenvalue weighted by Crippen LogP contribution is 2.21. The van der Waals surface area contributed by atoms with Crippen LogP contribution in [0.2, 0.25) is 0 Å². The van der Waals surface area contributed by atoms with E-state index in [1.54, 1.807) is 30.5 Å². The molecule has 1 aliphatic rings. The number of thioether (sulfide) groups is 1. The minimum absolute atomic E-state index is 0.0645. The van der Waals surface area contributed by atoms with E-state index in [1.807, 2.05) is 25.6 Å². The lowest BCUT2D eigenvalue weighted by Crippen LogP contribution is -2.37. The van der Waals surface area contributed by atoms with E-state index < -0.39 is 0 Å². The van der Waals surface area contributed by atoms with Gasteiger partial charge in [-0.25, -0.2) is 15.0 Å². The quantitative estimate of drug-likeness (QED) is 0.409. The molecule has 4 rings (SSSR count). The van der Waals surface area contributed by atoms with Gasteiger partial charge in [0.05, 0.1) is 25.3 Å². The van der Waals surface area contributed by atoms with Crippen LogP contribution in [0.1, 0.15) is 20.3 Å². The first kappa shape index (κ1) is 25.9. The van der Waals surface area contributed by atoms with E-state index in [-0.39, 0.29) is 40.9 Å². The number of nitrogens with one attached hydrogen (secondary N) is 1. The van der Waals surface area contributed by atoms with Crippen LogP contribution >= 0.6 is 11.8 Å². The van der Waals surface area contributed by atoms with Crippen molar-refractivity contribution >= 4 is 28.7 Å². The van der Waals surface area contributed by atoms with Gasteiger partial charge in [-0.05, 0) is 32.4 Å². The van der Waals surface area contributed by atoms with Gasteiger partial charge in [-0.3, -0.25) is 14.2 Å². The first-order valence-electron chi connectivity index (χ1n) is 12.1. The molecule has 1 amide bonds. The average Bonchev–Trinajstić information content (AvgIpc) is 2.88. The fourth-order valence-corrected chi connectivity index (χ4v) is 4.95. The zero-order chi connectivity index (χ0) is 25.5. The molecule has 1 aliphatic heterocycles. The van der Waals surface area contributed by atoms with Crippen molar-refractivity contribution in [3.63, 3.8) is 0 Å². The Labute approximate surface area is 214 Å². The lowest BCUT2D eigenvalue weighted by molar-refractivity contribution is -0.122. The predicted molar refractivity (Wildman–Crippen MR) is 141 cm³/mol. The molecule has 1 N–H and O–H groups in total. The van der Waals surface area contributed by atoms with Gasteiger partial charge in [0.1, 0.15) is 18.0 Å². The van der Waals surface area contributed by atoms with Crippen LogP contribution in [0.5, 0.6) is 11.6 Å². The summed E-state index contributed by atoms with van der Waals surface area (Å²) in [4.78, 5) is 42.0. The van der Waals surface area contributed by atoms with Gasteiger partial charge in [-0.15, -0.1) is 0 Å². The van der Waals surface area contributed by atoms with Crippen LogP contribution < -0.4 is 20.3 Å². The van der Waals surface area contributed by atoms with E-state index in [9.17, 15) is 9.59 Å². The SMILES string of the molecule is COc1cccc(-c2nc3ncc(OCCCN4CCSCC4)cc3c(=O)n2CC(=O)NC(C)C)n1. The largest absolute Gasteiger partial charge is 0.492 e. The standard InChI is InChI=1S/C25H32N6O4S/c1-17(2)27-21(32)16-31-24(20-6-4-7-22(28-20)34-3)29-23-19(25(31)33)14-18(15-26-23)35-11-5-8-30-9-12-36-13-10-30/h4,6-7,14-15,17H,5,8-13,16H2,1-3H3,(H,27,32). The number of methoxy groups -OCH3 is 1. The van der Waals surface area contributed by atoms with Gasteiger partial charge in [0.15, 0.2) is 11.5 Å². The molecule has 3 aromatic rings. The molecule has 0 aliphatic carbocycles. The van der Waals surface area contributed by atoms with E-state index in [2.05, 4.69) is 25.2 Å². The summed E-state index contributed by atoms with van der Waals surface area (Å²) in [6.07, 6.45) is 2.46. The van der Waals surface area contributed by atoms with Crippen LogP contribution in [-0.4, -0.2) is 81.2 Å². The molecule has 3 aromatic heterocycles. The highest BCUT2D eigenvalue weighted by molar-refractivity contribution is 7.99. The van der Waals surface area contributed by atoms with Gasteiger partial charge in [0.2, 0.25) is 11.8 Å². The van der Waals surface area contributed by atoms with Gasteiger partial charge >= 0.3 is 0 Å². The van der Waals surface area contributed by atoms with Crippen LogP contribution in [0, 0.1) is 0 Å². The van der Waals surface area contributed by atoms with Crippen molar-refractivity contribution in [1.82, 2.24) is 29.7 Å². The number of aromatic nitrogens is 4. The number of carbonyl (C=O) groups is 1. The molecule has 10 nitrogen and oxygen atoms in total. The number of hydrogen-bond donors (Lipinski definition) is 1. The Hall–Kier alpha value is -3.18. The number of pyridine rings is 2. The maximum atomic E-state index is 13.6. The molecule has 36 heavy (non-hydrogen) atoms. The summed E-state index contributed by atoms with van der Waals surface area (Å²) in [7, 11) is 1.51. The highest BCUT2D eigenvalue weighted by Gasteiger charge is 2.19. The van der Waals surface area contributed by atoms with E-state index >= 15 is 0 Å². The van der Waals surface area contributed by atoms with Gasteiger partial charge in [0.25, 0.3) is 5.56 Å². The molecule has 192 valence electrons. The number of ether oxygens (including phenoxy) is 2. The summed E-state index contributed by atoms with van der Waals surface area (Å²) < 4.78 is 12.4. The highest BCUT2D eigenvalue weighted by atomic mass is 32.2. The predicted octanol–water partition coefficient (Wildman–Crippen LogP) is 2.20. The summed E-state index contributed by atoms with van der Waals surface area (Å²) in [6, 6.07) is 6.75. The van der Waals surface area contributed by atoms with Crippen molar-refractivity contribution in [1.29, 1.82) is 0 Å². The lowest BCUT2D eigenvalue weighted by atomic mass is 10.2. The average molecular weight is 513 g/mol. The van der Waals surface area contributed by atoms with Crippen molar-refractivity contribution in [3.8, 4) is 23.1 Å². The Morgan fingerprint density at radius 3 is 2.78 bits per heavy atom. The van der Waals surface area contributed by atoms with Gasteiger partial charge in [0, 0.05) is 43.2 Å². The van der Waals surface area contributed by atoms with Crippen molar-refractivity contribution in [2.75, 3.05) is 44.9 Å². The number of hydrogen-bond acceptors (Lipinski definition) is 9. The van der Waals surface area contributed by atoms with Crippen LogP contribution in [0.4, 0.5) is 0 Å². The monoisotopic (exact) mass is 512 g/mol. The second-order valence-corrected chi connectivity index (χ2v) is 10.0. The Bertz CT molecular complexity index is 1260. The Balaban J connectivity index is 1.61. The van der Waals surface area contributed by atoms with Crippen molar-refractivity contribution in [2.45, 2.75) is 32.9 Å². The molecule has 0 bridgehead atoms. The summed E-state index contributed by atoms with van der Waals surface area (Å²) in [5.41, 5.74) is 0.282. The maximum Gasteiger partial charge on any atom is 0.263 e. The van der Waals surface area contributed by atoms with Crippen LogP contribution in [0.25, 0.3) is 22.6 Å². The summed E-state index contributed by atoms with van der Waals surface area (Å²) in [6.45, 7) is 7.26. The second kappa shape index (κ2) is 12.2. The van der Waals surface area contributed by atoms with Gasteiger partial charge in [-0.1, -0.05) is 6.07 Å². The number of fused-ring (bicyclic) bond motifs is 1. The summed E-state index contributed by atoms with van der Waals surface area (Å²) in [5, 5.41) is 3.11. The topological polar surface area (TPSA) is 111 Å². The fraction of sp³-hybridized carbons (Fsp3) is 0.480. The lowest BCUT2D eigenvalue weighted by Gasteiger charge is -2.25. The van der Waals surface area contributed by atoms with Crippen LogP contribution in [-0.2, 0) is 11.3 Å². The Morgan fingerprint density at radius 1 is 1.22 bits per heavy atom. The molecule has 1 saturated heterocycles. The van der Waals surface area contributed by atoms with E-state index in [4.69, 9.17) is 9.47 Å². The van der Waals surface area contributed by atoms with Gasteiger partial charge < -0.3 is 19.7 Å². The molecule has 0 aromatic carbocycles. The molecular formula is C25H32N6O4S. The van der Waals surface area contributed by atoms with Crippen molar-refractivity contribution < 1.29 is 14.3 Å². The number of amides is 1. The smallest absolute Gasteiger partial charge is 0.263 e. The third kappa shape index (κ3) is 6.52. The third-order valence-electron chi connectivity index (χ3n) is 5.69. The van der Waals surface area contributed by atoms with E-state index in [0.717, 1.165) is 26.1 Å². The summed E-state index contributed by atoms with van der Waals surface area (Å²) in [5.74, 6) is 3.18. The van der Waals surface area contributed by atoms with E-state index in [1.165, 1.54) is 23.2 Å². The number of nitrogens with zero attached hydrogens (tertiary/aromatic N) is 5. The Morgan fingerprint density at radius 2 is 2.03 bits per heavy atom. The molecular weight excluding hydrogens is 480 g/mol. The zero-order valence-electron chi connectivity index (χ0n) is 20.9. The molecule has 4 heterocycles. The summed E-state index contributed by atoms with van der Waals surface area (Å²) >= 11 is 1.99. The fourth-order valence-electron chi connectivity index (χ4n) is 3.98. The molecule has 0 radical (unpaired) electrons. The minimum atomic E-state index is -0.387. The first-order valence-corrected chi connectivity index (χ1v) is 13.2. The minimum Gasteiger partial charge on any atom is -0.492 e. The molecule has 0 spiro atoms. The molecule has 0 unspecified atom stereocenters. The van der Waals surface area contributed by atoms with Crippen LogP contribution in [0.15, 0.2) is 35.3 Å². The first-order chi connectivity index (χ1) is 17.4. The normalized spacial score (nSPS) is 14.2. The molecule has 1 fully saturated rings. The second-order valence-electron chi connectivity index (χ2n) is 8.81. The number of rotatable bonds is 10. The van der Waals surface area contributed by atoms with Gasteiger partial charge in [-0.2, -0.15) is 11.8 Å². The molecule has 11 heteroatoms. The molecule has 0 atom stereocenters. The molecule has 0 saturated carbocycles. The number of carbonyl (C=O) groups excluding carboxylic acids is 1. The third-order valence-corrected chi connectivity index (χ3v) is 6.63. The zero-order valence-corrected chi connectivity index (χ0v) is 21.7. The Kier molecular flexibility index (Phi) is 8.76. The van der Waals surface area contributed by atoms with E-state index in [0.29, 0.717) is 23.9 Å². The maximum absolute atomic E-state index is 13.6.